The van der Waals surface area contributed by atoms with Crippen molar-refractivity contribution < 1.29 is 4.39 Å². The van der Waals surface area contributed by atoms with Crippen molar-refractivity contribution in [3.8, 4) is 11.3 Å². The van der Waals surface area contributed by atoms with E-state index in [-0.39, 0.29) is 5.82 Å². The van der Waals surface area contributed by atoms with E-state index >= 15 is 0 Å². The molecular formula is C13H8BrFN2. The van der Waals surface area contributed by atoms with Crippen molar-refractivity contribution in [3.05, 3.63) is 59.1 Å². The Labute approximate surface area is 106 Å². The SMILES string of the molecule is Fc1ccc(-c2cn3ccc(Br)cc3n2)cc1. The van der Waals surface area contributed by atoms with Gasteiger partial charge < -0.3 is 4.40 Å². The standard InChI is InChI=1S/C13H8BrFN2/c14-10-5-6-17-8-12(16-13(17)7-10)9-1-3-11(15)4-2-9/h1-8H. The lowest BCUT2D eigenvalue weighted by atomic mass is 10.2. The van der Waals surface area contributed by atoms with Gasteiger partial charge in [-0.25, -0.2) is 9.37 Å². The van der Waals surface area contributed by atoms with E-state index in [1.54, 1.807) is 12.1 Å². The number of pyridine rings is 1. The molecule has 3 rings (SSSR count). The zero-order valence-corrected chi connectivity index (χ0v) is 10.4. The predicted molar refractivity (Wildman–Crippen MR) is 68.3 cm³/mol. The van der Waals surface area contributed by atoms with Crippen LogP contribution in [-0.4, -0.2) is 9.38 Å². The lowest BCUT2D eigenvalue weighted by Gasteiger charge is -1.94. The zero-order valence-electron chi connectivity index (χ0n) is 8.77. The number of imidazole rings is 1. The highest BCUT2D eigenvalue weighted by Gasteiger charge is 2.04. The van der Waals surface area contributed by atoms with E-state index in [2.05, 4.69) is 20.9 Å². The van der Waals surface area contributed by atoms with Gasteiger partial charge in [0.1, 0.15) is 11.5 Å². The minimum absolute atomic E-state index is 0.236. The second-order valence-electron chi connectivity index (χ2n) is 3.74. The first kappa shape index (κ1) is 10.5. The van der Waals surface area contributed by atoms with Crippen molar-refractivity contribution in [2.45, 2.75) is 0 Å². The van der Waals surface area contributed by atoms with Gasteiger partial charge in [-0.05, 0) is 36.4 Å². The van der Waals surface area contributed by atoms with E-state index in [1.807, 2.05) is 28.9 Å². The number of fused-ring (bicyclic) bond motifs is 1. The Morgan fingerprint density at radius 1 is 1.12 bits per heavy atom. The van der Waals surface area contributed by atoms with Crippen molar-refractivity contribution in [2.24, 2.45) is 0 Å². The number of rotatable bonds is 1. The molecule has 0 atom stereocenters. The van der Waals surface area contributed by atoms with Crippen LogP contribution in [0.15, 0.2) is 53.3 Å². The molecule has 0 unspecified atom stereocenters. The van der Waals surface area contributed by atoms with Gasteiger partial charge in [0.05, 0.1) is 5.69 Å². The molecule has 0 spiro atoms. The number of halogens is 2. The summed E-state index contributed by atoms with van der Waals surface area (Å²) in [6.07, 6.45) is 3.86. The van der Waals surface area contributed by atoms with Crippen LogP contribution in [-0.2, 0) is 0 Å². The molecule has 0 aliphatic heterocycles. The van der Waals surface area contributed by atoms with Gasteiger partial charge in [-0.3, -0.25) is 0 Å². The third kappa shape index (κ3) is 1.96. The largest absolute Gasteiger partial charge is 0.306 e. The van der Waals surface area contributed by atoms with Crippen LogP contribution in [0.3, 0.4) is 0 Å². The third-order valence-electron chi connectivity index (χ3n) is 2.56. The Bertz CT molecular complexity index is 673. The predicted octanol–water partition coefficient (Wildman–Crippen LogP) is 3.90. The number of aromatic nitrogens is 2. The van der Waals surface area contributed by atoms with Gasteiger partial charge in [-0.1, -0.05) is 15.9 Å². The van der Waals surface area contributed by atoms with Gasteiger partial charge in [0.25, 0.3) is 0 Å². The average Bonchev–Trinajstić information content (AvgIpc) is 2.72. The lowest BCUT2D eigenvalue weighted by molar-refractivity contribution is 0.628. The van der Waals surface area contributed by atoms with Crippen molar-refractivity contribution >= 4 is 21.6 Å². The molecule has 0 fully saturated rings. The van der Waals surface area contributed by atoms with Crippen LogP contribution >= 0.6 is 15.9 Å². The fraction of sp³-hybridized carbons (Fsp3) is 0. The first-order valence-electron chi connectivity index (χ1n) is 5.12. The van der Waals surface area contributed by atoms with Gasteiger partial charge in [-0.2, -0.15) is 0 Å². The van der Waals surface area contributed by atoms with Gasteiger partial charge in [-0.15, -0.1) is 0 Å². The fourth-order valence-corrected chi connectivity index (χ4v) is 2.04. The van der Waals surface area contributed by atoms with E-state index in [4.69, 9.17) is 0 Å². The maximum Gasteiger partial charge on any atom is 0.138 e. The molecule has 2 nitrogen and oxygen atoms in total. The summed E-state index contributed by atoms with van der Waals surface area (Å²) in [5.41, 5.74) is 2.60. The summed E-state index contributed by atoms with van der Waals surface area (Å²) in [7, 11) is 0. The number of nitrogens with zero attached hydrogens (tertiary/aromatic N) is 2. The summed E-state index contributed by atoms with van der Waals surface area (Å²) in [5, 5.41) is 0. The quantitative estimate of drug-likeness (QED) is 0.664. The van der Waals surface area contributed by atoms with E-state index in [0.29, 0.717) is 0 Å². The Morgan fingerprint density at radius 3 is 2.65 bits per heavy atom. The van der Waals surface area contributed by atoms with E-state index in [0.717, 1.165) is 21.4 Å². The van der Waals surface area contributed by atoms with Crippen molar-refractivity contribution in [1.29, 1.82) is 0 Å². The molecule has 0 saturated carbocycles. The summed E-state index contributed by atoms with van der Waals surface area (Å²) in [6, 6.07) is 10.2. The monoisotopic (exact) mass is 290 g/mol. The van der Waals surface area contributed by atoms with Crippen molar-refractivity contribution in [1.82, 2.24) is 9.38 Å². The van der Waals surface area contributed by atoms with Crippen molar-refractivity contribution in [3.63, 3.8) is 0 Å². The molecule has 3 aromatic rings. The Kier molecular flexibility index (Phi) is 2.44. The Hall–Kier alpha value is -1.68. The number of hydrogen-bond donors (Lipinski definition) is 0. The van der Waals surface area contributed by atoms with Gasteiger partial charge in [0.15, 0.2) is 0 Å². The number of hydrogen-bond acceptors (Lipinski definition) is 1. The van der Waals surface area contributed by atoms with Crippen LogP contribution in [0, 0.1) is 5.82 Å². The van der Waals surface area contributed by atoms with E-state index in [9.17, 15) is 4.39 Å². The summed E-state index contributed by atoms with van der Waals surface area (Å²) in [6.45, 7) is 0. The van der Waals surface area contributed by atoms with Crippen LogP contribution in [0.25, 0.3) is 16.9 Å². The summed E-state index contributed by atoms with van der Waals surface area (Å²) in [4.78, 5) is 4.48. The molecule has 0 aliphatic rings. The molecule has 17 heavy (non-hydrogen) atoms. The fourth-order valence-electron chi connectivity index (χ4n) is 1.72. The van der Waals surface area contributed by atoms with Gasteiger partial charge in [0.2, 0.25) is 0 Å². The normalized spacial score (nSPS) is 10.9. The molecule has 0 amide bonds. The van der Waals surface area contributed by atoms with E-state index < -0.39 is 0 Å². The molecule has 0 aliphatic carbocycles. The van der Waals surface area contributed by atoms with Gasteiger partial charge >= 0.3 is 0 Å². The Balaban J connectivity index is 2.14. The summed E-state index contributed by atoms with van der Waals surface area (Å²) >= 11 is 3.40. The first-order valence-corrected chi connectivity index (χ1v) is 5.92. The maximum atomic E-state index is 12.8. The lowest BCUT2D eigenvalue weighted by Crippen LogP contribution is -1.79. The number of benzene rings is 1. The van der Waals surface area contributed by atoms with Crippen LogP contribution in [0.4, 0.5) is 4.39 Å². The molecular weight excluding hydrogens is 283 g/mol. The molecule has 2 heterocycles. The molecule has 0 N–H and O–H groups in total. The maximum absolute atomic E-state index is 12.8. The van der Waals surface area contributed by atoms with Crippen LogP contribution < -0.4 is 0 Å². The second-order valence-corrected chi connectivity index (χ2v) is 4.66. The highest BCUT2D eigenvalue weighted by Crippen LogP contribution is 2.21. The molecule has 4 heteroatoms. The smallest absolute Gasteiger partial charge is 0.138 e. The second kappa shape index (κ2) is 3.96. The minimum atomic E-state index is -0.236. The molecule has 0 bridgehead atoms. The van der Waals surface area contributed by atoms with Crippen molar-refractivity contribution in [2.75, 3.05) is 0 Å². The van der Waals surface area contributed by atoms with E-state index in [1.165, 1.54) is 12.1 Å². The molecule has 2 aromatic heterocycles. The average molecular weight is 291 g/mol. The highest BCUT2D eigenvalue weighted by molar-refractivity contribution is 9.10. The minimum Gasteiger partial charge on any atom is -0.306 e. The topological polar surface area (TPSA) is 17.3 Å². The first-order chi connectivity index (χ1) is 8.22. The molecule has 0 saturated heterocycles. The third-order valence-corrected chi connectivity index (χ3v) is 3.06. The highest BCUT2D eigenvalue weighted by atomic mass is 79.9. The molecule has 84 valence electrons. The molecule has 1 aromatic carbocycles. The Morgan fingerprint density at radius 2 is 1.88 bits per heavy atom. The summed E-state index contributed by atoms with van der Waals surface area (Å²) < 4.78 is 15.7. The van der Waals surface area contributed by atoms with Crippen LogP contribution in [0.1, 0.15) is 0 Å². The zero-order chi connectivity index (χ0) is 11.8. The van der Waals surface area contributed by atoms with Crippen LogP contribution in [0.5, 0.6) is 0 Å². The summed E-state index contributed by atoms with van der Waals surface area (Å²) in [5.74, 6) is -0.236. The van der Waals surface area contributed by atoms with Crippen LogP contribution in [0.2, 0.25) is 0 Å². The van der Waals surface area contributed by atoms with Gasteiger partial charge in [0, 0.05) is 22.4 Å². The molecule has 0 radical (unpaired) electrons.